The molecule has 0 spiro atoms. The van der Waals surface area contributed by atoms with Crippen molar-refractivity contribution in [3.05, 3.63) is 12.3 Å². The molecule has 0 aromatic rings. The molecular weight excluding hydrogens is 130 g/mol. The van der Waals surface area contributed by atoms with Gasteiger partial charge in [-0.1, -0.05) is 6.08 Å². The Morgan fingerprint density at radius 2 is 2.50 bits per heavy atom. The molecule has 3 heteroatoms. The standard InChI is InChI=1S/C7H11NO2/c1-3-4-10-7(2)5-8-6-9/h3-4,7H,5H2,1-2H3. The summed E-state index contributed by atoms with van der Waals surface area (Å²) in [4.78, 5) is 13.0. The lowest BCUT2D eigenvalue weighted by Gasteiger charge is -2.05. The number of hydrogen-bond acceptors (Lipinski definition) is 3. The smallest absolute Gasteiger partial charge is 0.235 e. The number of allylic oxidation sites excluding steroid dienone is 1. The normalized spacial score (nSPS) is 12.6. The maximum absolute atomic E-state index is 9.62. The zero-order valence-electron chi connectivity index (χ0n) is 6.20. The average molecular weight is 141 g/mol. The first-order valence-corrected chi connectivity index (χ1v) is 3.11. The van der Waals surface area contributed by atoms with Crippen molar-refractivity contribution in [3.63, 3.8) is 0 Å². The summed E-state index contributed by atoms with van der Waals surface area (Å²) in [6.07, 6.45) is 4.76. The van der Waals surface area contributed by atoms with Crippen LogP contribution >= 0.6 is 0 Å². The van der Waals surface area contributed by atoms with Crippen LogP contribution in [0.15, 0.2) is 17.3 Å². The second-order valence-electron chi connectivity index (χ2n) is 1.85. The highest BCUT2D eigenvalue weighted by atomic mass is 16.5. The summed E-state index contributed by atoms with van der Waals surface area (Å²) in [6, 6.07) is 0. The Bertz CT molecular complexity index is 148. The SMILES string of the molecule is CC=COC(C)CN=C=O. The minimum atomic E-state index is -0.0438. The minimum absolute atomic E-state index is 0.0438. The lowest BCUT2D eigenvalue weighted by Crippen LogP contribution is -2.07. The molecule has 0 aromatic carbocycles. The van der Waals surface area contributed by atoms with Gasteiger partial charge in [-0.05, 0) is 13.8 Å². The van der Waals surface area contributed by atoms with E-state index in [1.54, 1.807) is 12.3 Å². The zero-order chi connectivity index (χ0) is 7.82. The minimum Gasteiger partial charge on any atom is -0.497 e. The molecule has 10 heavy (non-hydrogen) atoms. The lowest BCUT2D eigenvalue weighted by atomic mass is 10.4. The fraction of sp³-hybridized carbons (Fsp3) is 0.571. The Morgan fingerprint density at radius 1 is 1.80 bits per heavy atom. The molecule has 3 nitrogen and oxygen atoms in total. The molecule has 1 unspecified atom stereocenters. The predicted octanol–water partition coefficient (Wildman–Crippen LogP) is 1.26. The van der Waals surface area contributed by atoms with Crippen LogP contribution in [0.4, 0.5) is 0 Å². The van der Waals surface area contributed by atoms with Gasteiger partial charge in [-0.2, -0.15) is 0 Å². The van der Waals surface area contributed by atoms with Crippen LogP contribution in [0.2, 0.25) is 0 Å². The van der Waals surface area contributed by atoms with Crippen LogP contribution in [0.5, 0.6) is 0 Å². The average Bonchev–Trinajstić information content (AvgIpc) is 1.97. The van der Waals surface area contributed by atoms with Crippen LogP contribution in [0, 0.1) is 0 Å². The highest BCUT2D eigenvalue weighted by molar-refractivity contribution is 5.32. The van der Waals surface area contributed by atoms with E-state index in [1.165, 1.54) is 6.08 Å². The van der Waals surface area contributed by atoms with E-state index in [-0.39, 0.29) is 6.10 Å². The monoisotopic (exact) mass is 141 g/mol. The molecule has 0 heterocycles. The van der Waals surface area contributed by atoms with Gasteiger partial charge in [0.15, 0.2) is 0 Å². The molecule has 0 saturated carbocycles. The maximum atomic E-state index is 9.62. The van der Waals surface area contributed by atoms with Crippen LogP contribution in [0.25, 0.3) is 0 Å². The molecule has 0 aliphatic rings. The van der Waals surface area contributed by atoms with E-state index in [0.29, 0.717) is 6.54 Å². The summed E-state index contributed by atoms with van der Waals surface area (Å²) in [5.74, 6) is 0. The fourth-order valence-corrected chi connectivity index (χ4v) is 0.422. The molecule has 0 bridgehead atoms. The second kappa shape index (κ2) is 6.05. The van der Waals surface area contributed by atoms with Crippen molar-refractivity contribution in [2.45, 2.75) is 20.0 Å². The third-order valence-corrected chi connectivity index (χ3v) is 0.860. The van der Waals surface area contributed by atoms with Crippen LogP contribution in [0.1, 0.15) is 13.8 Å². The first-order chi connectivity index (χ1) is 4.81. The Balaban J connectivity index is 3.42. The maximum Gasteiger partial charge on any atom is 0.235 e. The Kier molecular flexibility index (Phi) is 5.39. The molecule has 0 aliphatic heterocycles. The highest BCUT2D eigenvalue weighted by Crippen LogP contribution is 1.90. The first-order valence-electron chi connectivity index (χ1n) is 3.11. The second-order valence-corrected chi connectivity index (χ2v) is 1.85. The van der Waals surface area contributed by atoms with Crippen LogP contribution in [-0.2, 0) is 9.53 Å². The Morgan fingerprint density at radius 3 is 3.00 bits per heavy atom. The molecular formula is C7H11NO2. The van der Waals surface area contributed by atoms with Gasteiger partial charge in [-0.15, -0.1) is 0 Å². The molecule has 0 N–H and O–H groups in total. The third-order valence-electron chi connectivity index (χ3n) is 0.860. The van der Waals surface area contributed by atoms with Gasteiger partial charge >= 0.3 is 0 Å². The number of ether oxygens (including phenoxy) is 1. The topological polar surface area (TPSA) is 38.7 Å². The van der Waals surface area contributed by atoms with Gasteiger partial charge in [0.2, 0.25) is 6.08 Å². The number of hydrogen-bond donors (Lipinski definition) is 0. The van der Waals surface area contributed by atoms with Gasteiger partial charge in [0.05, 0.1) is 12.8 Å². The lowest BCUT2D eigenvalue weighted by molar-refractivity contribution is 0.169. The number of isocyanates is 1. The first kappa shape index (κ1) is 8.92. The molecule has 0 radical (unpaired) electrons. The van der Waals surface area contributed by atoms with Gasteiger partial charge in [-0.25, -0.2) is 9.79 Å². The number of aliphatic imine (C=N–C) groups is 1. The third kappa shape index (κ3) is 5.06. The number of carbonyl (C=O) groups excluding carboxylic acids is 1. The zero-order valence-corrected chi connectivity index (χ0v) is 6.20. The van der Waals surface area contributed by atoms with Gasteiger partial charge in [-0.3, -0.25) is 0 Å². The molecule has 0 aromatic heterocycles. The van der Waals surface area contributed by atoms with Crippen molar-refractivity contribution in [2.24, 2.45) is 4.99 Å². The Labute approximate surface area is 60.4 Å². The highest BCUT2D eigenvalue weighted by Gasteiger charge is 1.95. The van der Waals surface area contributed by atoms with Gasteiger partial charge in [0.1, 0.15) is 6.10 Å². The molecule has 0 saturated heterocycles. The van der Waals surface area contributed by atoms with Gasteiger partial charge in [0.25, 0.3) is 0 Å². The van der Waals surface area contributed by atoms with Crippen molar-refractivity contribution in [3.8, 4) is 0 Å². The van der Waals surface area contributed by atoms with Crippen molar-refractivity contribution in [1.82, 2.24) is 0 Å². The van der Waals surface area contributed by atoms with Crippen LogP contribution < -0.4 is 0 Å². The van der Waals surface area contributed by atoms with E-state index in [1.807, 2.05) is 13.8 Å². The van der Waals surface area contributed by atoms with Gasteiger partial charge in [0, 0.05) is 0 Å². The largest absolute Gasteiger partial charge is 0.497 e. The molecule has 56 valence electrons. The quantitative estimate of drug-likeness (QED) is 0.336. The number of nitrogens with zero attached hydrogens (tertiary/aromatic N) is 1. The van der Waals surface area contributed by atoms with Crippen molar-refractivity contribution in [2.75, 3.05) is 6.54 Å². The summed E-state index contributed by atoms with van der Waals surface area (Å²) < 4.78 is 5.04. The van der Waals surface area contributed by atoms with Gasteiger partial charge < -0.3 is 4.74 Å². The van der Waals surface area contributed by atoms with E-state index in [9.17, 15) is 4.79 Å². The summed E-state index contributed by atoms with van der Waals surface area (Å²) in [5.41, 5.74) is 0. The number of rotatable bonds is 4. The summed E-state index contributed by atoms with van der Waals surface area (Å²) >= 11 is 0. The molecule has 0 fully saturated rings. The summed E-state index contributed by atoms with van der Waals surface area (Å²) in [6.45, 7) is 4.06. The van der Waals surface area contributed by atoms with Crippen molar-refractivity contribution in [1.29, 1.82) is 0 Å². The predicted molar refractivity (Wildman–Crippen MR) is 38.3 cm³/mol. The molecule has 0 aliphatic carbocycles. The Hall–Kier alpha value is -1.08. The van der Waals surface area contributed by atoms with E-state index < -0.39 is 0 Å². The molecule has 1 atom stereocenters. The van der Waals surface area contributed by atoms with E-state index in [0.717, 1.165) is 0 Å². The van der Waals surface area contributed by atoms with Crippen LogP contribution in [-0.4, -0.2) is 18.7 Å². The van der Waals surface area contributed by atoms with E-state index in [2.05, 4.69) is 4.99 Å². The molecule has 0 rings (SSSR count). The fourth-order valence-electron chi connectivity index (χ4n) is 0.422. The molecule has 0 amide bonds. The van der Waals surface area contributed by atoms with Crippen LogP contribution in [0.3, 0.4) is 0 Å². The van der Waals surface area contributed by atoms with E-state index >= 15 is 0 Å². The van der Waals surface area contributed by atoms with Crippen molar-refractivity contribution < 1.29 is 9.53 Å². The van der Waals surface area contributed by atoms with E-state index in [4.69, 9.17) is 4.74 Å². The summed E-state index contributed by atoms with van der Waals surface area (Å²) in [7, 11) is 0. The van der Waals surface area contributed by atoms with Crippen molar-refractivity contribution >= 4 is 6.08 Å². The summed E-state index contributed by atoms with van der Waals surface area (Å²) in [5, 5.41) is 0.